The van der Waals surface area contributed by atoms with E-state index in [1.165, 1.54) is 25.7 Å². The first-order chi connectivity index (χ1) is 8.37. The van der Waals surface area contributed by atoms with Crippen molar-refractivity contribution in [3.05, 3.63) is 35.4 Å². The average Bonchev–Trinajstić information content (AvgIpc) is 2.83. The second-order valence-electron chi connectivity index (χ2n) is 5.89. The molecular weight excluding hydrogens is 208 g/mol. The first-order valence-electron chi connectivity index (χ1n) is 6.69. The zero-order chi connectivity index (χ0) is 11.3. The van der Waals surface area contributed by atoms with Crippen LogP contribution in [0, 0.1) is 11.3 Å². The molecule has 0 aromatic heterocycles. The molecule has 1 aliphatic heterocycles. The van der Waals surface area contributed by atoms with E-state index >= 15 is 0 Å². The van der Waals surface area contributed by atoms with Crippen LogP contribution in [-0.4, -0.2) is 18.9 Å². The molecule has 1 aromatic rings. The maximum atomic E-state index is 4.31. The van der Waals surface area contributed by atoms with E-state index in [-0.39, 0.29) is 0 Å². The highest BCUT2D eigenvalue weighted by Gasteiger charge is 2.57. The Balaban J connectivity index is 1.55. The van der Waals surface area contributed by atoms with Gasteiger partial charge in [0.05, 0.1) is 12.9 Å². The molecule has 0 radical (unpaired) electrons. The molecule has 17 heavy (non-hydrogen) atoms. The van der Waals surface area contributed by atoms with E-state index in [4.69, 9.17) is 0 Å². The molecule has 0 bridgehead atoms. The van der Waals surface area contributed by atoms with Crippen molar-refractivity contribution in [3.63, 3.8) is 0 Å². The summed E-state index contributed by atoms with van der Waals surface area (Å²) in [7, 11) is 0. The molecule has 1 fully saturated rings. The summed E-state index contributed by atoms with van der Waals surface area (Å²) in [6.45, 7) is 0.994. The molecule has 1 heterocycles. The zero-order valence-corrected chi connectivity index (χ0v) is 10.0. The van der Waals surface area contributed by atoms with Crippen LogP contribution >= 0.6 is 0 Å². The normalized spacial score (nSPS) is 37.9. The number of fused-ring (bicyclic) bond motifs is 1. The molecule has 3 atom stereocenters. The summed E-state index contributed by atoms with van der Waals surface area (Å²) in [5.41, 5.74) is 3.79. The summed E-state index contributed by atoms with van der Waals surface area (Å²) >= 11 is 0. The van der Waals surface area contributed by atoms with Crippen molar-refractivity contribution < 1.29 is 0 Å². The Morgan fingerprint density at radius 1 is 1.24 bits per heavy atom. The van der Waals surface area contributed by atoms with Crippen LogP contribution in [0.3, 0.4) is 0 Å². The van der Waals surface area contributed by atoms with Crippen LogP contribution in [-0.2, 0) is 12.8 Å². The molecule has 88 valence electrons. The predicted octanol–water partition coefficient (Wildman–Crippen LogP) is 2.18. The number of hydrogen-bond acceptors (Lipinski definition) is 2. The van der Waals surface area contributed by atoms with Gasteiger partial charge in [0.25, 0.3) is 0 Å². The Hall–Kier alpha value is -1.31. The molecule has 1 N–H and O–H groups in total. The Morgan fingerprint density at radius 2 is 2.12 bits per heavy atom. The van der Waals surface area contributed by atoms with Crippen molar-refractivity contribution in [1.29, 1.82) is 0 Å². The Labute approximate surface area is 102 Å². The molecule has 2 heteroatoms. The van der Waals surface area contributed by atoms with Gasteiger partial charge in [-0.2, -0.15) is 0 Å². The van der Waals surface area contributed by atoms with Crippen molar-refractivity contribution >= 4 is 6.34 Å². The lowest BCUT2D eigenvalue weighted by Crippen LogP contribution is -2.31. The van der Waals surface area contributed by atoms with Gasteiger partial charge in [0, 0.05) is 6.04 Å². The third-order valence-corrected chi connectivity index (χ3v) is 4.97. The van der Waals surface area contributed by atoms with Gasteiger partial charge in [-0.25, -0.2) is 0 Å². The molecule has 0 saturated heterocycles. The summed E-state index contributed by atoms with van der Waals surface area (Å²) in [5.74, 6) is 0.860. The van der Waals surface area contributed by atoms with Gasteiger partial charge in [0.15, 0.2) is 0 Å². The van der Waals surface area contributed by atoms with Gasteiger partial charge < -0.3 is 5.32 Å². The maximum Gasteiger partial charge on any atom is 0.0827 e. The summed E-state index contributed by atoms with van der Waals surface area (Å²) in [4.78, 5) is 4.31. The largest absolute Gasteiger partial charge is 0.372 e. The summed E-state index contributed by atoms with van der Waals surface area (Å²) < 4.78 is 0. The van der Waals surface area contributed by atoms with Crippen LogP contribution in [0.2, 0.25) is 0 Å². The quantitative estimate of drug-likeness (QED) is 0.780. The smallest absolute Gasteiger partial charge is 0.0827 e. The van der Waals surface area contributed by atoms with Crippen molar-refractivity contribution in [1.82, 2.24) is 5.32 Å². The molecule has 2 aliphatic carbocycles. The summed E-state index contributed by atoms with van der Waals surface area (Å²) in [6, 6.07) is 9.61. The van der Waals surface area contributed by atoms with E-state index in [0.29, 0.717) is 11.5 Å². The maximum absolute atomic E-state index is 4.31. The lowest BCUT2D eigenvalue weighted by molar-refractivity contribution is 0.362. The molecular formula is C15H18N2. The summed E-state index contributed by atoms with van der Waals surface area (Å²) in [5, 5.41) is 3.42. The second-order valence-corrected chi connectivity index (χ2v) is 5.89. The minimum Gasteiger partial charge on any atom is -0.372 e. The molecule has 4 rings (SSSR count). The van der Waals surface area contributed by atoms with Crippen molar-refractivity contribution in [3.8, 4) is 0 Å². The monoisotopic (exact) mass is 226 g/mol. The van der Waals surface area contributed by atoms with Gasteiger partial charge >= 0.3 is 0 Å². The number of aliphatic imine (C=N–C) groups is 1. The number of nitrogens with one attached hydrogen (secondary N) is 1. The van der Waals surface area contributed by atoms with Crippen LogP contribution in [0.5, 0.6) is 0 Å². The minimum atomic E-state index is 0.611. The van der Waals surface area contributed by atoms with E-state index in [1.807, 2.05) is 6.34 Å². The highest BCUT2D eigenvalue weighted by molar-refractivity contribution is 5.57. The predicted molar refractivity (Wildman–Crippen MR) is 69.3 cm³/mol. The van der Waals surface area contributed by atoms with E-state index in [0.717, 1.165) is 12.5 Å². The molecule has 0 amide bonds. The van der Waals surface area contributed by atoms with E-state index in [2.05, 4.69) is 34.6 Å². The first-order valence-corrected chi connectivity index (χ1v) is 6.69. The SMILES string of the molecule is C1=NC[C@H](C2CC23CCc2ccccc2C3)N1. The Kier molecular flexibility index (Phi) is 1.91. The van der Waals surface area contributed by atoms with E-state index in [1.54, 1.807) is 11.1 Å². The van der Waals surface area contributed by atoms with Crippen LogP contribution in [0.1, 0.15) is 24.0 Å². The Bertz CT molecular complexity index is 472. The number of aryl methyl sites for hydroxylation is 1. The number of rotatable bonds is 1. The van der Waals surface area contributed by atoms with Crippen molar-refractivity contribution in [2.75, 3.05) is 6.54 Å². The van der Waals surface area contributed by atoms with Gasteiger partial charge in [-0.05, 0) is 48.1 Å². The van der Waals surface area contributed by atoms with Gasteiger partial charge in [0.1, 0.15) is 0 Å². The van der Waals surface area contributed by atoms with Gasteiger partial charge in [-0.3, -0.25) is 4.99 Å². The molecule has 3 aliphatic rings. The first kappa shape index (κ1) is 9.69. The van der Waals surface area contributed by atoms with Crippen LogP contribution < -0.4 is 5.32 Å². The average molecular weight is 226 g/mol. The van der Waals surface area contributed by atoms with Gasteiger partial charge in [0.2, 0.25) is 0 Å². The summed E-state index contributed by atoms with van der Waals surface area (Å²) in [6.07, 6.45) is 7.26. The van der Waals surface area contributed by atoms with Crippen LogP contribution in [0.25, 0.3) is 0 Å². The highest BCUT2D eigenvalue weighted by Crippen LogP contribution is 2.61. The third kappa shape index (κ3) is 1.43. The lowest BCUT2D eigenvalue weighted by atomic mass is 9.79. The molecule has 2 nitrogen and oxygen atoms in total. The standard InChI is InChI=1S/C15H18N2/c1-2-4-12-7-15(6-5-11(12)3-1)8-13(15)14-9-16-10-17-14/h1-4,10,13-14H,5-9H2,(H,16,17)/t13?,14-,15?/m1/s1. The lowest BCUT2D eigenvalue weighted by Gasteiger charge is -2.27. The third-order valence-electron chi connectivity index (χ3n) is 4.97. The Morgan fingerprint density at radius 3 is 2.94 bits per heavy atom. The highest BCUT2D eigenvalue weighted by atomic mass is 15.1. The number of nitrogens with zero attached hydrogens (tertiary/aromatic N) is 1. The van der Waals surface area contributed by atoms with Crippen LogP contribution in [0.4, 0.5) is 0 Å². The second kappa shape index (κ2) is 3.34. The van der Waals surface area contributed by atoms with Gasteiger partial charge in [-0.15, -0.1) is 0 Å². The molecule has 2 unspecified atom stereocenters. The fraction of sp³-hybridized carbons (Fsp3) is 0.533. The fourth-order valence-electron chi connectivity index (χ4n) is 3.87. The van der Waals surface area contributed by atoms with Crippen molar-refractivity contribution in [2.24, 2.45) is 16.3 Å². The zero-order valence-electron chi connectivity index (χ0n) is 10.0. The molecule has 1 aromatic carbocycles. The topological polar surface area (TPSA) is 24.4 Å². The van der Waals surface area contributed by atoms with E-state index < -0.39 is 0 Å². The van der Waals surface area contributed by atoms with E-state index in [9.17, 15) is 0 Å². The fourth-order valence-corrected chi connectivity index (χ4v) is 3.87. The molecule has 1 spiro atoms. The molecule has 1 saturated carbocycles. The van der Waals surface area contributed by atoms with Crippen LogP contribution in [0.15, 0.2) is 29.3 Å². The van der Waals surface area contributed by atoms with Crippen molar-refractivity contribution in [2.45, 2.75) is 31.7 Å². The van der Waals surface area contributed by atoms with Gasteiger partial charge in [-0.1, -0.05) is 24.3 Å². The number of benzene rings is 1. The minimum absolute atomic E-state index is 0.611. The number of hydrogen-bond donors (Lipinski definition) is 1.